The maximum absolute atomic E-state index is 13.7. The minimum Gasteiger partial charge on any atom is -0.344 e. The number of nitrogens with one attached hydrogen (secondary N) is 1. The Hall–Kier alpha value is -3.32. The van der Waals surface area contributed by atoms with E-state index >= 15 is 0 Å². The van der Waals surface area contributed by atoms with E-state index in [9.17, 15) is 13.2 Å². The van der Waals surface area contributed by atoms with E-state index in [0.29, 0.717) is 0 Å². The minimum absolute atomic E-state index is 0.0557. The number of halogens is 2. The predicted molar refractivity (Wildman–Crippen MR) is 150 cm³/mol. The van der Waals surface area contributed by atoms with Crippen LogP contribution < -0.4 is 9.62 Å². The van der Waals surface area contributed by atoms with Gasteiger partial charge in [-0.25, -0.2) is 8.42 Å². The second kappa shape index (κ2) is 11.4. The summed E-state index contributed by atoms with van der Waals surface area (Å²) in [6.07, 6.45) is 0. The van der Waals surface area contributed by atoms with Crippen molar-refractivity contribution < 1.29 is 13.2 Å². The molecule has 37 heavy (non-hydrogen) atoms. The summed E-state index contributed by atoms with van der Waals surface area (Å²) in [4.78, 5) is 13.5. The highest BCUT2D eigenvalue weighted by molar-refractivity contribution is 7.92. The Morgan fingerprint density at radius 3 is 1.86 bits per heavy atom. The average Bonchev–Trinajstić information content (AvgIpc) is 2.86. The summed E-state index contributed by atoms with van der Waals surface area (Å²) >= 11 is 12.4. The molecule has 0 unspecified atom stereocenters. The summed E-state index contributed by atoms with van der Waals surface area (Å²) in [6.45, 7) is 3.39. The Morgan fingerprint density at radius 2 is 1.30 bits per heavy atom. The number of hydrogen-bond donors (Lipinski definition) is 1. The molecule has 0 radical (unpaired) electrons. The van der Waals surface area contributed by atoms with Crippen LogP contribution in [0.4, 0.5) is 5.69 Å². The zero-order valence-electron chi connectivity index (χ0n) is 20.4. The van der Waals surface area contributed by atoms with Crippen LogP contribution in [0, 0.1) is 13.8 Å². The molecule has 0 fully saturated rings. The molecule has 1 amide bonds. The van der Waals surface area contributed by atoms with Gasteiger partial charge in [-0.1, -0.05) is 101 Å². The average molecular weight is 554 g/mol. The molecular formula is C29H26Cl2N2O3S. The molecule has 0 aliphatic rings. The first-order chi connectivity index (χ1) is 17.6. The van der Waals surface area contributed by atoms with E-state index in [1.165, 1.54) is 30.3 Å². The van der Waals surface area contributed by atoms with Gasteiger partial charge in [0.25, 0.3) is 10.0 Å². The van der Waals surface area contributed by atoms with Crippen LogP contribution in [0.3, 0.4) is 0 Å². The maximum atomic E-state index is 13.7. The van der Waals surface area contributed by atoms with Crippen molar-refractivity contribution in [2.24, 2.45) is 0 Å². The van der Waals surface area contributed by atoms with Gasteiger partial charge < -0.3 is 5.32 Å². The van der Waals surface area contributed by atoms with E-state index in [1.54, 1.807) is 12.1 Å². The second-order valence-corrected chi connectivity index (χ2v) is 11.5. The smallest absolute Gasteiger partial charge is 0.264 e. The van der Waals surface area contributed by atoms with Crippen molar-refractivity contribution in [2.45, 2.75) is 24.8 Å². The highest BCUT2D eigenvalue weighted by atomic mass is 35.5. The molecule has 190 valence electrons. The fraction of sp³-hybridized carbons (Fsp3) is 0.138. The van der Waals surface area contributed by atoms with Gasteiger partial charge in [0.2, 0.25) is 5.91 Å². The van der Waals surface area contributed by atoms with Crippen LogP contribution in [0.25, 0.3) is 0 Å². The molecule has 1 N–H and O–H groups in total. The normalized spacial score (nSPS) is 12.1. The van der Waals surface area contributed by atoms with Crippen molar-refractivity contribution in [1.29, 1.82) is 0 Å². The fourth-order valence-electron chi connectivity index (χ4n) is 3.94. The highest BCUT2D eigenvalue weighted by Gasteiger charge is 2.29. The third-order valence-corrected chi connectivity index (χ3v) is 8.10. The summed E-state index contributed by atoms with van der Waals surface area (Å²) in [5.74, 6) is -0.485. The molecule has 0 saturated heterocycles. The zero-order valence-corrected chi connectivity index (χ0v) is 22.7. The first-order valence-corrected chi connectivity index (χ1v) is 13.8. The van der Waals surface area contributed by atoms with Crippen LogP contribution in [0.1, 0.15) is 28.3 Å². The quantitative estimate of drug-likeness (QED) is 0.264. The first-order valence-electron chi connectivity index (χ1n) is 11.6. The van der Waals surface area contributed by atoms with Crippen molar-refractivity contribution in [3.8, 4) is 0 Å². The number of carbonyl (C=O) groups is 1. The number of nitrogens with zero attached hydrogens (tertiary/aromatic N) is 1. The molecule has 0 spiro atoms. The van der Waals surface area contributed by atoms with Crippen molar-refractivity contribution in [3.05, 3.63) is 129 Å². The number of rotatable bonds is 8. The van der Waals surface area contributed by atoms with E-state index in [0.717, 1.165) is 26.6 Å². The molecule has 4 aromatic rings. The van der Waals surface area contributed by atoms with Gasteiger partial charge in [0.15, 0.2) is 0 Å². The van der Waals surface area contributed by atoms with Crippen LogP contribution >= 0.6 is 23.2 Å². The lowest BCUT2D eigenvalue weighted by molar-refractivity contribution is -0.120. The molecule has 1 atom stereocenters. The third kappa shape index (κ3) is 6.52. The summed E-state index contributed by atoms with van der Waals surface area (Å²) in [6, 6.07) is 27.8. The van der Waals surface area contributed by atoms with E-state index in [-0.39, 0.29) is 20.6 Å². The molecule has 0 aromatic heterocycles. The minimum atomic E-state index is -4.11. The van der Waals surface area contributed by atoms with Crippen LogP contribution in [0.5, 0.6) is 0 Å². The third-order valence-electron chi connectivity index (χ3n) is 5.88. The molecule has 0 saturated carbocycles. The van der Waals surface area contributed by atoms with Crippen LogP contribution in [0.2, 0.25) is 10.0 Å². The Bertz CT molecular complexity index is 1470. The van der Waals surface area contributed by atoms with Crippen molar-refractivity contribution in [2.75, 3.05) is 10.8 Å². The van der Waals surface area contributed by atoms with Crippen LogP contribution in [-0.4, -0.2) is 20.9 Å². The monoisotopic (exact) mass is 552 g/mol. The summed E-state index contributed by atoms with van der Waals surface area (Å²) in [5.41, 5.74) is 3.95. The van der Waals surface area contributed by atoms with E-state index < -0.39 is 28.5 Å². The number of amides is 1. The summed E-state index contributed by atoms with van der Waals surface area (Å²) < 4.78 is 28.5. The lowest BCUT2D eigenvalue weighted by Gasteiger charge is -2.26. The van der Waals surface area contributed by atoms with Crippen molar-refractivity contribution >= 4 is 44.8 Å². The summed E-state index contributed by atoms with van der Waals surface area (Å²) in [5, 5.41) is 3.54. The van der Waals surface area contributed by atoms with Crippen LogP contribution in [0.15, 0.2) is 102 Å². The van der Waals surface area contributed by atoms with Gasteiger partial charge in [-0.2, -0.15) is 0 Å². The number of sulfonamides is 1. The predicted octanol–water partition coefficient (Wildman–Crippen LogP) is 6.71. The molecule has 0 heterocycles. The van der Waals surface area contributed by atoms with E-state index in [4.69, 9.17) is 23.2 Å². The largest absolute Gasteiger partial charge is 0.344 e. The Morgan fingerprint density at radius 1 is 0.784 bits per heavy atom. The molecule has 4 rings (SSSR count). The maximum Gasteiger partial charge on any atom is 0.264 e. The fourth-order valence-corrected chi connectivity index (χ4v) is 5.86. The van der Waals surface area contributed by atoms with Gasteiger partial charge in [-0.05, 0) is 55.3 Å². The second-order valence-electron chi connectivity index (χ2n) is 8.77. The van der Waals surface area contributed by atoms with Gasteiger partial charge in [-0.3, -0.25) is 9.10 Å². The SMILES string of the molecule is Cc1ccc([C@H](NC(=O)CN(c2cc(Cl)cc(Cl)c2)S(=O)(=O)c2ccc(C)cc2)c2ccccc2)cc1. The van der Waals surface area contributed by atoms with E-state index in [1.807, 2.05) is 68.4 Å². The van der Waals surface area contributed by atoms with Crippen molar-refractivity contribution in [3.63, 3.8) is 0 Å². The molecule has 0 aliphatic heterocycles. The lowest BCUT2D eigenvalue weighted by atomic mass is 9.98. The van der Waals surface area contributed by atoms with Crippen molar-refractivity contribution in [1.82, 2.24) is 5.32 Å². The number of carbonyl (C=O) groups excluding carboxylic acids is 1. The number of aryl methyl sites for hydroxylation is 2. The van der Waals surface area contributed by atoms with Gasteiger partial charge in [0, 0.05) is 10.0 Å². The highest BCUT2D eigenvalue weighted by Crippen LogP contribution is 2.30. The molecule has 4 aromatic carbocycles. The van der Waals surface area contributed by atoms with Gasteiger partial charge >= 0.3 is 0 Å². The number of anilines is 1. The molecule has 0 bridgehead atoms. The Balaban J connectivity index is 1.71. The summed E-state index contributed by atoms with van der Waals surface area (Å²) in [7, 11) is -4.11. The lowest BCUT2D eigenvalue weighted by Crippen LogP contribution is -2.42. The van der Waals surface area contributed by atoms with E-state index in [2.05, 4.69) is 5.32 Å². The van der Waals surface area contributed by atoms with Crippen LogP contribution in [-0.2, 0) is 14.8 Å². The molecule has 5 nitrogen and oxygen atoms in total. The molecular weight excluding hydrogens is 527 g/mol. The topological polar surface area (TPSA) is 66.5 Å². The Labute approximate surface area is 227 Å². The zero-order chi connectivity index (χ0) is 26.6. The standard InChI is InChI=1S/C29H26Cl2N2O3S/c1-20-8-12-23(13-9-20)29(22-6-4-3-5-7-22)32-28(34)19-33(26-17-24(30)16-25(31)18-26)37(35,36)27-14-10-21(2)11-15-27/h3-18,29H,19H2,1-2H3,(H,32,34)/t29-/m1/s1. The van der Waals surface area contributed by atoms with Gasteiger partial charge in [0.05, 0.1) is 16.6 Å². The molecule has 8 heteroatoms. The molecule has 0 aliphatic carbocycles. The Kier molecular flexibility index (Phi) is 8.22. The first kappa shape index (κ1) is 26.7. The van der Waals surface area contributed by atoms with Gasteiger partial charge in [-0.15, -0.1) is 0 Å². The van der Waals surface area contributed by atoms with Gasteiger partial charge in [0.1, 0.15) is 6.54 Å². The number of benzene rings is 4. The number of hydrogen-bond acceptors (Lipinski definition) is 3.